The number of carbonyl (C=O) groups excluding carboxylic acids is 2. The van der Waals surface area contributed by atoms with E-state index in [2.05, 4.69) is 0 Å². The van der Waals surface area contributed by atoms with Crippen molar-refractivity contribution in [1.82, 2.24) is 10.0 Å². The van der Waals surface area contributed by atoms with Gasteiger partial charge in [-0.05, 0) is 91.9 Å². The van der Waals surface area contributed by atoms with Crippen LogP contribution in [0.1, 0.15) is 56.3 Å². The Labute approximate surface area is 177 Å². The topological polar surface area (TPSA) is 40.6 Å². The van der Waals surface area contributed by atoms with E-state index in [1.807, 2.05) is 66.3 Å². The fourth-order valence-corrected chi connectivity index (χ4v) is 8.41. The van der Waals surface area contributed by atoms with Crippen molar-refractivity contribution in [3.05, 3.63) is 48.0 Å². The molecule has 154 valence electrons. The van der Waals surface area contributed by atoms with Gasteiger partial charge in [0.1, 0.15) is 5.54 Å². The summed E-state index contributed by atoms with van der Waals surface area (Å²) in [5, 5.41) is 5.76. The van der Waals surface area contributed by atoms with Crippen molar-refractivity contribution in [3.63, 3.8) is 0 Å². The third kappa shape index (κ3) is 1.81. The quantitative estimate of drug-likeness (QED) is 0.737. The first-order chi connectivity index (χ1) is 14.4. The predicted octanol–water partition coefficient (Wildman–Crippen LogP) is 4.64. The molecule has 4 heteroatoms. The Kier molecular flexibility index (Phi) is 3.05. The van der Waals surface area contributed by atoms with Crippen LogP contribution in [0.3, 0.4) is 0 Å². The zero-order valence-corrected chi connectivity index (χ0v) is 17.7. The van der Waals surface area contributed by atoms with E-state index in [4.69, 9.17) is 0 Å². The smallest absolute Gasteiger partial charge is 0.270 e. The summed E-state index contributed by atoms with van der Waals surface area (Å²) >= 11 is 0. The van der Waals surface area contributed by atoms with E-state index < -0.39 is 5.54 Å². The van der Waals surface area contributed by atoms with Crippen molar-refractivity contribution in [1.29, 1.82) is 0 Å². The van der Waals surface area contributed by atoms with Crippen LogP contribution >= 0.6 is 0 Å². The number of amides is 2. The van der Waals surface area contributed by atoms with Crippen LogP contribution in [0, 0.1) is 29.1 Å². The fraction of sp³-hybridized carbons (Fsp3) is 0.538. The molecule has 30 heavy (non-hydrogen) atoms. The lowest BCUT2D eigenvalue weighted by Crippen LogP contribution is -2.79. The molecule has 0 aromatic heterocycles. The molecule has 4 unspecified atom stereocenters. The third-order valence-corrected chi connectivity index (χ3v) is 9.59. The number of hydrogen-bond acceptors (Lipinski definition) is 2. The zero-order chi connectivity index (χ0) is 20.4. The number of hydrogen-bond donors (Lipinski definition) is 0. The number of fused-ring (bicyclic) bond motifs is 3. The highest BCUT2D eigenvalue weighted by molar-refractivity contribution is 6.11. The second-order valence-corrected chi connectivity index (χ2v) is 11.1. The first-order valence-electron chi connectivity index (χ1n) is 11.6. The molecular weight excluding hydrogens is 372 g/mol. The van der Waals surface area contributed by atoms with Crippen LogP contribution in [0.4, 0.5) is 0 Å². The van der Waals surface area contributed by atoms with E-state index in [1.165, 1.54) is 32.1 Å². The number of carbonyl (C=O) groups is 2. The molecule has 0 N–H and O–H groups in total. The first-order valence-corrected chi connectivity index (χ1v) is 11.6. The van der Waals surface area contributed by atoms with Gasteiger partial charge in [-0.15, -0.1) is 0 Å². The molecule has 1 spiro atoms. The van der Waals surface area contributed by atoms with Crippen molar-refractivity contribution in [2.24, 2.45) is 29.1 Å². The van der Waals surface area contributed by atoms with Crippen LogP contribution in [0.2, 0.25) is 0 Å². The van der Waals surface area contributed by atoms with E-state index in [0.717, 1.165) is 22.6 Å². The Morgan fingerprint density at radius 3 is 2.33 bits per heavy atom. The maximum absolute atomic E-state index is 13.9. The second kappa shape index (κ2) is 5.27. The average molecular weight is 401 g/mol. The first kappa shape index (κ1) is 17.3. The summed E-state index contributed by atoms with van der Waals surface area (Å²) in [6.45, 7) is 3.81. The number of benzene rings is 2. The minimum Gasteiger partial charge on any atom is -0.270 e. The Hall–Kier alpha value is -2.36. The average Bonchev–Trinajstić information content (AvgIpc) is 3.12. The molecule has 2 aromatic carbocycles. The maximum atomic E-state index is 13.9. The van der Waals surface area contributed by atoms with E-state index in [1.54, 1.807) is 0 Å². The van der Waals surface area contributed by atoms with Gasteiger partial charge in [-0.3, -0.25) is 9.59 Å². The molecule has 0 radical (unpaired) electrons. The molecule has 5 aliphatic rings. The standard InChI is InChI=1S/C26H28N2O2/c1-25(2)24(30)27(22-16-10-18-12-19-11-17(22)14-26(18,19)13-16)28(25)23(29)21-9-5-7-15-6-3-4-8-20(15)21/h3-9,16-19,22H,10-14H2,1-2H3. The Bertz CT molecular complexity index is 1090. The highest BCUT2D eigenvalue weighted by Gasteiger charge is 2.72. The van der Waals surface area contributed by atoms with Gasteiger partial charge in [0.15, 0.2) is 0 Å². The van der Waals surface area contributed by atoms with Gasteiger partial charge < -0.3 is 0 Å². The van der Waals surface area contributed by atoms with Gasteiger partial charge in [0.25, 0.3) is 11.8 Å². The minimum absolute atomic E-state index is 0.0330. The maximum Gasteiger partial charge on any atom is 0.274 e. The number of rotatable bonds is 2. The van der Waals surface area contributed by atoms with E-state index >= 15 is 0 Å². The summed E-state index contributed by atoms with van der Waals surface area (Å²) < 4.78 is 0. The highest BCUT2D eigenvalue weighted by Crippen LogP contribution is 2.76. The van der Waals surface area contributed by atoms with Crippen molar-refractivity contribution >= 4 is 22.6 Å². The largest absolute Gasteiger partial charge is 0.274 e. The molecule has 1 aliphatic heterocycles. The van der Waals surface area contributed by atoms with Gasteiger partial charge in [-0.2, -0.15) is 0 Å². The summed E-state index contributed by atoms with van der Waals surface area (Å²) in [7, 11) is 0. The van der Waals surface area contributed by atoms with Crippen molar-refractivity contribution < 1.29 is 9.59 Å². The van der Waals surface area contributed by atoms with Crippen LogP contribution < -0.4 is 0 Å². The van der Waals surface area contributed by atoms with Crippen LogP contribution in [0.15, 0.2) is 42.5 Å². The summed E-state index contributed by atoms with van der Waals surface area (Å²) in [5.41, 5.74) is 0.534. The summed E-state index contributed by atoms with van der Waals surface area (Å²) in [4.78, 5) is 27.2. The molecule has 1 saturated heterocycles. The molecule has 2 amide bonds. The van der Waals surface area contributed by atoms with Gasteiger partial charge in [0.05, 0.1) is 6.04 Å². The Morgan fingerprint density at radius 1 is 0.933 bits per heavy atom. The predicted molar refractivity (Wildman–Crippen MR) is 114 cm³/mol. The SMILES string of the molecule is CC1(C)C(=O)N(C2C3CC4CC5CC2CC45C3)N1C(=O)c1cccc2ccccc12. The molecule has 1 heterocycles. The molecule has 4 saturated carbocycles. The molecule has 5 fully saturated rings. The lowest BCUT2D eigenvalue weighted by Gasteiger charge is -2.60. The van der Waals surface area contributed by atoms with Crippen LogP contribution in [-0.4, -0.2) is 33.4 Å². The summed E-state index contributed by atoms with van der Waals surface area (Å²) in [5.74, 6) is 3.01. The third-order valence-electron chi connectivity index (χ3n) is 9.59. The monoisotopic (exact) mass is 400 g/mol. The molecule has 7 rings (SSSR count). The van der Waals surface area contributed by atoms with Gasteiger partial charge in [0.2, 0.25) is 0 Å². The second-order valence-electron chi connectivity index (χ2n) is 11.1. The van der Waals surface area contributed by atoms with E-state index in [-0.39, 0.29) is 17.9 Å². The lowest BCUT2D eigenvalue weighted by molar-refractivity contribution is -0.218. The summed E-state index contributed by atoms with van der Waals surface area (Å²) in [6, 6.07) is 14.2. The van der Waals surface area contributed by atoms with Crippen LogP contribution in [0.5, 0.6) is 0 Å². The Balaban J connectivity index is 1.29. The minimum atomic E-state index is -0.775. The van der Waals surface area contributed by atoms with Gasteiger partial charge in [-0.1, -0.05) is 36.4 Å². The number of hydrazine groups is 1. The molecular formula is C26H28N2O2. The van der Waals surface area contributed by atoms with E-state index in [0.29, 0.717) is 22.8 Å². The van der Waals surface area contributed by atoms with Crippen molar-refractivity contribution in [3.8, 4) is 0 Å². The van der Waals surface area contributed by atoms with E-state index in [9.17, 15) is 9.59 Å². The lowest BCUT2D eigenvalue weighted by atomic mass is 9.56. The molecule has 4 atom stereocenters. The van der Waals surface area contributed by atoms with Gasteiger partial charge >= 0.3 is 0 Å². The van der Waals surface area contributed by atoms with Crippen LogP contribution in [0.25, 0.3) is 10.8 Å². The molecule has 2 aromatic rings. The Morgan fingerprint density at radius 2 is 1.60 bits per heavy atom. The number of nitrogens with zero attached hydrogens (tertiary/aromatic N) is 2. The molecule has 4 nitrogen and oxygen atoms in total. The zero-order valence-electron chi connectivity index (χ0n) is 17.7. The summed E-state index contributed by atoms with van der Waals surface area (Å²) in [6.07, 6.45) is 6.50. The molecule has 3 bridgehead atoms. The van der Waals surface area contributed by atoms with Crippen LogP contribution in [-0.2, 0) is 4.79 Å². The normalized spacial score (nSPS) is 39.8. The van der Waals surface area contributed by atoms with Gasteiger partial charge in [-0.25, -0.2) is 10.0 Å². The van der Waals surface area contributed by atoms with Gasteiger partial charge in [0, 0.05) is 5.56 Å². The highest BCUT2D eigenvalue weighted by atomic mass is 16.2. The van der Waals surface area contributed by atoms with Crippen molar-refractivity contribution in [2.75, 3.05) is 0 Å². The fourth-order valence-electron chi connectivity index (χ4n) is 8.41. The molecule has 4 aliphatic carbocycles. The van der Waals surface area contributed by atoms with Crippen molar-refractivity contribution in [2.45, 2.75) is 57.5 Å².